The number of carbonyl (C=O) groups excluding carboxylic acids is 1. The number of H-pyrrole nitrogens is 1. The van der Waals surface area contributed by atoms with Crippen LogP contribution in [0.25, 0.3) is 21.8 Å². The highest BCUT2D eigenvalue weighted by atomic mass is 35.5. The van der Waals surface area contributed by atoms with Crippen molar-refractivity contribution in [1.29, 1.82) is 0 Å². The van der Waals surface area contributed by atoms with Gasteiger partial charge in [-0.15, -0.1) is 12.4 Å². The SMILES string of the molecule is CN(C)CCCNC(=O)Cc1cccc2c(=O)c3ccccc3[nH]c12.Cl. The largest absolute Gasteiger partial charge is 0.356 e. The molecule has 0 aliphatic heterocycles. The summed E-state index contributed by atoms with van der Waals surface area (Å²) in [4.78, 5) is 30.3. The molecule has 3 rings (SSSR count). The number of amides is 1. The molecule has 0 spiro atoms. The molecule has 1 amide bonds. The zero-order valence-corrected chi connectivity index (χ0v) is 15.9. The first-order valence-corrected chi connectivity index (χ1v) is 8.50. The number of hydrogen-bond donors (Lipinski definition) is 2. The maximum Gasteiger partial charge on any atom is 0.224 e. The van der Waals surface area contributed by atoms with Crippen molar-refractivity contribution < 1.29 is 4.79 Å². The van der Waals surface area contributed by atoms with Gasteiger partial charge in [-0.2, -0.15) is 0 Å². The highest BCUT2D eigenvalue weighted by Gasteiger charge is 2.11. The first kappa shape index (κ1) is 19.9. The van der Waals surface area contributed by atoms with Crippen LogP contribution in [0.3, 0.4) is 0 Å². The van der Waals surface area contributed by atoms with Crippen molar-refractivity contribution in [3.05, 3.63) is 58.3 Å². The van der Waals surface area contributed by atoms with Crippen LogP contribution in [0.2, 0.25) is 0 Å². The van der Waals surface area contributed by atoms with E-state index in [1.807, 2.05) is 50.5 Å². The maximum absolute atomic E-state index is 12.7. The number of aromatic amines is 1. The molecule has 6 heteroatoms. The molecule has 2 N–H and O–H groups in total. The number of nitrogens with zero attached hydrogens (tertiary/aromatic N) is 1. The number of hydrogen-bond acceptors (Lipinski definition) is 3. The van der Waals surface area contributed by atoms with E-state index in [0.29, 0.717) is 17.3 Å². The highest BCUT2D eigenvalue weighted by molar-refractivity contribution is 5.95. The lowest BCUT2D eigenvalue weighted by Gasteiger charge is -2.11. The summed E-state index contributed by atoms with van der Waals surface area (Å²) in [6, 6.07) is 13.0. The summed E-state index contributed by atoms with van der Waals surface area (Å²) in [5.74, 6) is -0.0275. The molecule has 0 saturated heterocycles. The highest BCUT2D eigenvalue weighted by Crippen LogP contribution is 2.18. The molecule has 138 valence electrons. The predicted octanol–water partition coefficient (Wildman–Crippen LogP) is 2.71. The molecule has 2 aromatic carbocycles. The number of pyridine rings is 1. The average Bonchev–Trinajstić information content (AvgIpc) is 2.60. The molecule has 5 nitrogen and oxygen atoms in total. The van der Waals surface area contributed by atoms with E-state index in [4.69, 9.17) is 0 Å². The fraction of sp³-hybridized carbons (Fsp3) is 0.300. The average molecular weight is 374 g/mol. The van der Waals surface area contributed by atoms with Gasteiger partial charge in [0.1, 0.15) is 0 Å². The molecule has 0 radical (unpaired) electrons. The van der Waals surface area contributed by atoms with Gasteiger partial charge in [0.15, 0.2) is 5.43 Å². The van der Waals surface area contributed by atoms with E-state index in [2.05, 4.69) is 15.2 Å². The summed E-state index contributed by atoms with van der Waals surface area (Å²) in [5, 5.41) is 4.23. The quantitative estimate of drug-likeness (QED) is 0.515. The summed E-state index contributed by atoms with van der Waals surface area (Å²) in [6.07, 6.45) is 1.17. The molecule has 0 bridgehead atoms. The normalized spacial score (nSPS) is 10.9. The second-order valence-corrected chi connectivity index (χ2v) is 6.52. The van der Waals surface area contributed by atoms with E-state index in [0.717, 1.165) is 29.6 Å². The van der Waals surface area contributed by atoms with E-state index >= 15 is 0 Å². The third kappa shape index (κ3) is 4.42. The number of halogens is 1. The van der Waals surface area contributed by atoms with Gasteiger partial charge in [-0.25, -0.2) is 0 Å². The number of aromatic nitrogens is 1. The Morgan fingerprint density at radius 2 is 1.81 bits per heavy atom. The van der Waals surface area contributed by atoms with Crippen LogP contribution in [0.5, 0.6) is 0 Å². The predicted molar refractivity (Wildman–Crippen MR) is 109 cm³/mol. The van der Waals surface area contributed by atoms with Gasteiger partial charge in [0.05, 0.1) is 11.9 Å². The Hall–Kier alpha value is -2.37. The molecule has 0 aliphatic rings. The molecular weight excluding hydrogens is 350 g/mol. The molecule has 1 aromatic heterocycles. The fourth-order valence-corrected chi connectivity index (χ4v) is 3.01. The van der Waals surface area contributed by atoms with Gasteiger partial charge >= 0.3 is 0 Å². The third-order valence-corrected chi connectivity index (χ3v) is 4.28. The lowest BCUT2D eigenvalue weighted by molar-refractivity contribution is -0.120. The van der Waals surface area contributed by atoms with Crippen molar-refractivity contribution in [3.63, 3.8) is 0 Å². The van der Waals surface area contributed by atoms with Crippen LogP contribution in [0, 0.1) is 0 Å². The third-order valence-electron chi connectivity index (χ3n) is 4.28. The molecule has 3 aromatic rings. The Morgan fingerprint density at radius 1 is 1.08 bits per heavy atom. The number of rotatable bonds is 6. The first-order valence-electron chi connectivity index (χ1n) is 8.50. The Kier molecular flexibility index (Phi) is 6.77. The summed E-state index contributed by atoms with van der Waals surface area (Å²) < 4.78 is 0. The van der Waals surface area contributed by atoms with E-state index in [9.17, 15) is 9.59 Å². The Balaban J connectivity index is 0.00000243. The van der Waals surface area contributed by atoms with Crippen molar-refractivity contribution >= 4 is 40.1 Å². The maximum atomic E-state index is 12.7. The molecule has 26 heavy (non-hydrogen) atoms. The van der Waals surface area contributed by atoms with Gasteiger partial charge in [0.2, 0.25) is 5.91 Å². The van der Waals surface area contributed by atoms with Crippen molar-refractivity contribution in [2.75, 3.05) is 27.2 Å². The zero-order valence-electron chi connectivity index (χ0n) is 15.0. The van der Waals surface area contributed by atoms with Crippen LogP contribution in [-0.2, 0) is 11.2 Å². The van der Waals surface area contributed by atoms with Gasteiger partial charge in [0, 0.05) is 22.8 Å². The van der Waals surface area contributed by atoms with Crippen LogP contribution in [0.4, 0.5) is 0 Å². The smallest absolute Gasteiger partial charge is 0.224 e. The van der Waals surface area contributed by atoms with Crippen LogP contribution < -0.4 is 10.7 Å². The van der Waals surface area contributed by atoms with Gasteiger partial charge in [0.25, 0.3) is 0 Å². The lowest BCUT2D eigenvalue weighted by Crippen LogP contribution is -2.28. The molecular formula is C20H24ClN3O2. The number of nitrogens with one attached hydrogen (secondary N) is 2. The summed E-state index contributed by atoms with van der Waals surface area (Å²) in [7, 11) is 4.02. The zero-order chi connectivity index (χ0) is 17.8. The minimum absolute atomic E-state index is 0. The van der Waals surface area contributed by atoms with Crippen LogP contribution in [-0.4, -0.2) is 43.0 Å². The van der Waals surface area contributed by atoms with Crippen molar-refractivity contribution in [1.82, 2.24) is 15.2 Å². The van der Waals surface area contributed by atoms with Gasteiger partial charge in [-0.05, 0) is 50.8 Å². The Labute approximate surface area is 158 Å². The van der Waals surface area contributed by atoms with Crippen molar-refractivity contribution in [2.45, 2.75) is 12.8 Å². The summed E-state index contributed by atoms with van der Waals surface area (Å²) in [5.41, 5.74) is 2.37. The monoisotopic (exact) mass is 373 g/mol. The Morgan fingerprint density at radius 3 is 2.58 bits per heavy atom. The van der Waals surface area contributed by atoms with E-state index in [1.54, 1.807) is 6.07 Å². The van der Waals surface area contributed by atoms with Gasteiger partial charge < -0.3 is 15.2 Å². The fourth-order valence-electron chi connectivity index (χ4n) is 3.01. The molecule has 0 aliphatic carbocycles. The number of para-hydroxylation sites is 2. The molecule has 0 saturated carbocycles. The molecule has 0 fully saturated rings. The molecule has 0 atom stereocenters. The number of benzene rings is 2. The Bertz CT molecular complexity index is 966. The second kappa shape index (κ2) is 8.83. The van der Waals surface area contributed by atoms with E-state index in [-0.39, 0.29) is 30.2 Å². The standard InChI is InChI=1S/C20H23N3O2.ClH/c1-23(2)12-6-11-21-18(24)13-14-7-5-9-16-19(14)22-17-10-4-3-8-15(17)20(16)25;/h3-5,7-10H,6,11-13H2,1-2H3,(H,21,24)(H,22,25);1H. The molecule has 0 unspecified atom stereocenters. The van der Waals surface area contributed by atoms with Gasteiger partial charge in [-0.1, -0.05) is 24.3 Å². The number of carbonyl (C=O) groups is 1. The van der Waals surface area contributed by atoms with Crippen LogP contribution >= 0.6 is 12.4 Å². The second-order valence-electron chi connectivity index (χ2n) is 6.52. The van der Waals surface area contributed by atoms with Gasteiger partial charge in [-0.3, -0.25) is 9.59 Å². The van der Waals surface area contributed by atoms with E-state index in [1.165, 1.54) is 0 Å². The minimum Gasteiger partial charge on any atom is -0.356 e. The first-order chi connectivity index (χ1) is 12.1. The van der Waals surface area contributed by atoms with E-state index < -0.39 is 0 Å². The summed E-state index contributed by atoms with van der Waals surface area (Å²) in [6.45, 7) is 1.59. The van der Waals surface area contributed by atoms with Crippen molar-refractivity contribution in [2.24, 2.45) is 0 Å². The van der Waals surface area contributed by atoms with Crippen LogP contribution in [0.1, 0.15) is 12.0 Å². The lowest BCUT2D eigenvalue weighted by atomic mass is 10.0. The summed E-state index contributed by atoms with van der Waals surface area (Å²) >= 11 is 0. The topological polar surface area (TPSA) is 65.2 Å². The van der Waals surface area contributed by atoms with Crippen molar-refractivity contribution in [3.8, 4) is 0 Å². The number of fused-ring (bicyclic) bond motifs is 2. The molecule has 1 heterocycles. The minimum atomic E-state index is -0.0275. The van der Waals surface area contributed by atoms with Crippen LogP contribution in [0.15, 0.2) is 47.3 Å².